The summed E-state index contributed by atoms with van der Waals surface area (Å²) >= 11 is 0. The Bertz CT molecular complexity index is 516. The molecular formula is C10H5F3O2. The minimum atomic E-state index is -3.12. The molecule has 1 aromatic carbocycles. The molecule has 5 heteroatoms. The summed E-state index contributed by atoms with van der Waals surface area (Å²) in [5, 5.41) is 0.291. The van der Waals surface area contributed by atoms with E-state index < -0.39 is 23.8 Å². The van der Waals surface area contributed by atoms with Crippen molar-refractivity contribution in [2.24, 2.45) is 0 Å². The van der Waals surface area contributed by atoms with Gasteiger partial charge in [0.2, 0.25) is 0 Å². The van der Waals surface area contributed by atoms with E-state index in [1.807, 2.05) is 0 Å². The predicted molar refractivity (Wildman–Crippen MR) is 46.5 cm³/mol. The van der Waals surface area contributed by atoms with E-state index in [9.17, 15) is 18.0 Å². The molecule has 0 amide bonds. The normalized spacial score (nSPS) is 11.2. The van der Waals surface area contributed by atoms with Crippen LogP contribution in [0.25, 0.3) is 11.0 Å². The zero-order valence-electron chi connectivity index (χ0n) is 7.34. The van der Waals surface area contributed by atoms with Gasteiger partial charge in [0.1, 0.15) is 11.4 Å². The zero-order valence-corrected chi connectivity index (χ0v) is 7.34. The van der Waals surface area contributed by atoms with Crippen molar-refractivity contribution in [3.63, 3.8) is 0 Å². The van der Waals surface area contributed by atoms with Gasteiger partial charge in [-0.3, -0.25) is 4.79 Å². The van der Waals surface area contributed by atoms with Gasteiger partial charge in [0, 0.05) is 5.39 Å². The fourth-order valence-electron chi connectivity index (χ4n) is 1.24. The number of fused-ring (bicyclic) bond motifs is 1. The van der Waals surface area contributed by atoms with Crippen LogP contribution in [-0.4, -0.2) is 12.2 Å². The van der Waals surface area contributed by atoms with Crippen molar-refractivity contribution < 1.29 is 22.4 Å². The van der Waals surface area contributed by atoms with Gasteiger partial charge < -0.3 is 4.42 Å². The maximum atomic E-state index is 12.7. The standard InChI is InChI=1S/C10H5F3O2/c11-6-1-2-7-5(3-6)4-8(15-7)9(14)10(12)13/h1-4,10H. The lowest BCUT2D eigenvalue weighted by atomic mass is 10.2. The number of hydrogen-bond donors (Lipinski definition) is 0. The molecule has 0 unspecified atom stereocenters. The van der Waals surface area contributed by atoms with Gasteiger partial charge in [0.25, 0.3) is 5.78 Å². The highest BCUT2D eigenvalue weighted by Gasteiger charge is 2.21. The molecule has 2 rings (SSSR count). The van der Waals surface area contributed by atoms with Gasteiger partial charge in [-0.2, -0.15) is 0 Å². The first kappa shape index (κ1) is 9.76. The molecule has 15 heavy (non-hydrogen) atoms. The van der Waals surface area contributed by atoms with Gasteiger partial charge >= 0.3 is 6.43 Å². The van der Waals surface area contributed by atoms with Gasteiger partial charge in [0.15, 0.2) is 5.76 Å². The third kappa shape index (κ3) is 1.72. The number of Topliss-reactive ketones (excluding diaryl/α,β-unsaturated/α-hetero) is 1. The molecule has 78 valence electrons. The van der Waals surface area contributed by atoms with Crippen molar-refractivity contribution in [3.8, 4) is 0 Å². The SMILES string of the molecule is O=C(c1cc2cc(F)ccc2o1)C(F)F. The third-order valence-corrected chi connectivity index (χ3v) is 1.92. The van der Waals surface area contributed by atoms with Crippen LogP contribution in [0.1, 0.15) is 10.6 Å². The number of carbonyl (C=O) groups excluding carboxylic acids is 1. The molecule has 0 saturated heterocycles. The summed E-state index contributed by atoms with van der Waals surface area (Å²) in [7, 11) is 0. The minimum absolute atomic E-state index is 0.209. The summed E-state index contributed by atoms with van der Waals surface area (Å²) in [6.45, 7) is 0. The molecule has 1 heterocycles. The van der Waals surface area contributed by atoms with Gasteiger partial charge in [-0.05, 0) is 24.3 Å². The van der Waals surface area contributed by atoms with Crippen molar-refractivity contribution in [2.75, 3.05) is 0 Å². The highest BCUT2D eigenvalue weighted by molar-refractivity contribution is 5.99. The molecule has 0 aliphatic heterocycles. The van der Waals surface area contributed by atoms with Crippen LogP contribution >= 0.6 is 0 Å². The second kappa shape index (κ2) is 3.42. The Morgan fingerprint density at radius 1 is 1.27 bits per heavy atom. The lowest BCUT2D eigenvalue weighted by Gasteiger charge is -1.91. The fourth-order valence-corrected chi connectivity index (χ4v) is 1.24. The second-order valence-corrected chi connectivity index (χ2v) is 2.96. The first-order valence-electron chi connectivity index (χ1n) is 4.09. The first-order valence-corrected chi connectivity index (χ1v) is 4.09. The van der Waals surface area contributed by atoms with Crippen molar-refractivity contribution in [2.45, 2.75) is 6.43 Å². The molecule has 0 N–H and O–H groups in total. The summed E-state index contributed by atoms with van der Waals surface area (Å²) in [5.41, 5.74) is 0.209. The van der Waals surface area contributed by atoms with E-state index in [4.69, 9.17) is 4.42 Å². The van der Waals surface area contributed by atoms with Gasteiger partial charge in [-0.1, -0.05) is 0 Å². The van der Waals surface area contributed by atoms with E-state index in [0.717, 1.165) is 18.2 Å². The number of benzene rings is 1. The number of carbonyl (C=O) groups is 1. The lowest BCUT2D eigenvalue weighted by molar-refractivity contribution is 0.0651. The summed E-state index contributed by atoms with van der Waals surface area (Å²) in [5.74, 6) is -2.36. The molecule has 2 aromatic rings. The molecule has 0 bridgehead atoms. The Hall–Kier alpha value is -1.78. The number of halogens is 3. The van der Waals surface area contributed by atoms with Crippen molar-refractivity contribution in [1.29, 1.82) is 0 Å². The number of furan rings is 1. The number of rotatable bonds is 2. The zero-order chi connectivity index (χ0) is 11.0. The monoisotopic (exact) mass is 214 g/mol. The average Bonchev–Trinajstić information content (AvgIpc) is 2.58. The van der Waals surface area contributed by atoms with Crippen LogP contribution in [0.3, 0.4) is 0 Å². The van der Waals surface area contributed by atoms with Crippen LogP contribution in [0.4, 0.5) is 13.2 Å². The molecule has 0 aliphatic carbocycles. The molecular weight excluding hydrogens is 209 g/mol. The van der Waals surface area contributed by atoms with Crippen molar-refractivity contribution in [3.05, 3.63) is 35.8 Å². The topological polar surface area (TPSA) is 30.2 Å². The predicted octanol–water partition coefficient (Wildman–Crippen LogP) is 3.02. The van der Waals surface area contributed by atoms with Crippen molar-refractivity contribution >= 4 is 16.8 Å². The minimum Gasteiger partial charge on any atom is -0.453 e. The Balaban J connectivity index is 2.52. The quantitative estimate of drug-likeness (QED) is 0.719. The van der Waals surface area contributed by atoms with Crippen LogP contribution in [0.5, 0.6) is 0 Å². The van der Waals surface area contributed by atoms with Crippen LogP contribution < -0.4 is 0 Å². The Morgan fingerprint density at radius 2 is 2.00 bits per heavy atom. The Kier molecular flexibility index (Phi) is 2.22. The number of alkyl halides is 2. The van der Waals surface area contributed by atoms with E-state index in [0.29, 0.717) is 5.39 Å². The molecule has 0 spiro atoms. The molecule has 0 atom stereocenters. The van der Waals surface area contributed by atoms with Gasteiger partial charge in [-0.15, -0.1) is 0 Å². The largest absolute Gasteiger partial charge is 0.453 e. The highest BCUT2D eigenvalue weighted by atomic mass is 19.3. The van der Waals surface area contributed by atoms with Crippen LogP contribution in [0.2, 0.25) is 0 Å². The smallest absolute Gasteiger partial charge is 0.303 e. The van der Waals surface area contributed by atoms with Crippen LogP contribution in [0, 0.1) is 5.82 Å². The maximum Gasteiger partial charge on any atom is 0.303 e. The molecule has 2 nitrogen and oxygen atoms in total. The summed E-state index contributed by atoms with van der Waals surface area (Å²) in [6.07, 6.45) is -3.12. The summed E-state index contributed by atoms with van der Waals surface area (Å²) < 4.78 is 41.7. The first-order chi connectivity index (χ1) is 7.08. The van der Waals surface area contributed by atoms with E-state index in [2.05, 4.69) is 0 Å². The molecule has 0 saturated carbocycles. The van der Waals surface area contributed by atoms with Crippen LogP contribution in [-0.2, 0) is 0 Å². The fraction of sp³-hybridized carbons (Fsp3) is 0.100. The number of ketones is 1. The van der Waals surface area contributed by atoms with Crippen molar-refractivity contribution in [1.82, 2.24) is 0 Å². The van der Waals surface area contributed by atoms with E-state index in [1.54, 1.807) is 0 Å². The third-order valence-electron chi connectivity index (χ3n) is 1.92. The van der Waals surface area contributed by atoms with Gasteiger partial charge in [0.05, 0.1) is 0 Å². The lowest BCUT2D eigenvalue weighted by Crippen LogP contribution is -2.08. The van der Waals surface area contributed by atoms with E-state index in [-0.39, 0.29) is 5.58 Å². The summed E-state index contributed by atoms with van der Waals surface area (Å²) in [6, 6.07) is 4.63. The highest BCUT2D eigenvalue weighted by Crippen LogP contribution is 2.21. The summed E-state index contributed by atoms with van der Waals surface area (Å²) in [4.78, 5) is 10.9. The molecule has 1 aromatic heterocycles. The van der Waals surface area contributed by atoms with E-state index >= 15 is 0 Å². The van der Waals surface area contributed by atoms with E-state index in [1.165, 1.54) is 6.07 Å². The van der Waals surface area contributed by atoms with Crippen LogP contribution in [0.15, 0.2) is 28.7 Å². The van der Waals surface area contributed by atoms with Gasteiger partial charge in [-0.25, -0.2) is 13.2 Å². The molecule has 0 aliphatic rings. The number of hydrogen-bond acceptors (Lipinski definition) is 2. The maximum absolute atomic E-state index is 12.7. The second-order valence-electron chi connectivity index (χ2n) is 2.96. The Morgan fingerprint density at radius 3 is 2.67 bits per heavy atom. The molecule has 0 radical (unpaired) electrons. The average molecular weight is 214 g/mol. The Labute approximate surface area is 82.3 Å². The molecule has 0 fully saturated rings.